The number of rotatable bonds is 16. The van der Waals surface area contributed by atoms with E-state index in [9.17, 15) is 4.79 Å². The number of para-hydroxylation sites is 1. The van der Waals surface area contributed by atoms with E-state index in [1.807, 2.05) is 13.1 Å². The van der Waals surface area contributed by atoms with Crippen LogP contribution < -0.4 is 15.0 Å². The van der Waals surface area contributed by atoms with Gasteiger partial charge in [0.1, 0.15) is 23.0 Å². The number of nitriles is 1. The minimum Gasteiger partial charge on any atom is -0.485 e. The van der Waals surface area contributed by atoms with Crippen molar-refractivity contribution in [1.82, 2.24) is 9.57 Å². The van der Waals surface area contributed by atoms with Crippen LogP contribution in [0.2, 0.25) is 0 Å². The van der Waals surface area contributed by atoms with Crippen molar-refractivity contribution in [3.05, 3.63) is 70.3 Å². The highest BCUT2D eigenvalue weighted by Crippen LogP contribution is 2.50. The van der Waals surface area contributed by atoms with Crippen LogP contribution >= 0.6 is 8.53 Å². The summed E-state index contributed by atoms with van der Waals surface area (Å²) in [6, 6.07) is 18.1. The molecule has 0 saturated carbocycles. The first-order chi connectivity index (χ1) is 29.5. The van der Waals surface area contributed by atoms with E-state index < -0.39 is 8.53 Å². The number of anilines is 2. The number of carbonyl (C=O) groups is 1. The van der Waals surface area contributed by atoms with Gasteiger partial charge in [-0.15, -0.1) is 0 Å². The smallest absolute Gasteiger partial charge is 0.259 e. The molecule has 3 atom stereocenters. The highest BCUT2D eigenvalue weighted by atomic mass is 31.2. The van der Waals surface area contributed by atoms with Crippen LogP contribution in [0.15, 0.2) is 52.5 Å². The molecule has 0 saturated heterocycles. The summed E-state index contributed by atoms with van der Waals surface area (Å²) in [5.41, 5.74) is 11.2. The number of amides is 1. The second-order valence-electron chi connectivity index (χ2n) is 18.5. The molecule has 11 heteroatoms. The molecule has 4 aliphatic heterocycles. The number of benzene rings is 3. The second kappa shape index (κ2) is 19.1. The molecule has 5 heterocycles. The zero-order chi connectivity index (χ0) is 42.7. The fraction of sp³-hybridized carbons (Fsp3) is 0.560. The Morgan fingerprint density at radius 3 is 2.61 bits per heavy atom. The number of ether oxygens (including phenoxy) is 1. The third-order valence-corrected chi connectivity index (χ3v) is 15.4. The van der Waals surface area contributed by atoms with E-state index in [1.165, 1.54) is 46.4 Å². The molecule has 1 amide bonds. The number of fused-ring (bicyclic) bond motifs is 7. The van der Waals surface area contributed by atoms with Crippen LogP contribution in [0, 0.1) is 11.3 Å². The molecule has 1 aromatic heterocycles. The van der Waals surface area contributed by atoms with Crippen molar-refractivity contribution in [2.75, 3.05) is 56.7 Å². The molecular formula is C50H66N5O5P. The van der Waals surface area contributed by atoms with Gasteiger partial charge in [-0.25, -0.2) is 4.67 Å². The molecule has 0 bridgehead atoms. The van der Waals surface area contributed by atoms with Gasteiger partial charge < -0.3 is 33.3 Å². The SMILES string of the molecule is CC(C)N(C(C)C)P(OCCC#N)OCCN(C)C(=O)CCCCCC1(C)CC2=Cc3cc4c5c(c3OC2CCNc2cc3oc6ccccc6c3cc21)CCCN5CCC4. The Morgan fingerprint density at radius 2 is 1.80 bits per heavy atom. The van der Waals surface area contributed by atoms with Gasteiger partial charge in [-0.05, 0) is 119 Å². The van der Waals surface area contributed by atoms with Crippen molar-refractivity contribution in [3.63, 3.8) is 0 Å². The minimum absolute atomic E-state index is 0.0160. The molecule has 326 valence electrons. The predicted octanol–water partition coefficient (Wildman–Crippen LogP) is 11.3. The summed E-state index contributed by atoms with van der Waals surface area (Å²) in [4.78, 5) is 17.8. The van der Waals surface area contributed by atoms with E-state index in [0.29, 0.717) is 32.6 Å². The van der Waals surface area contributed by atoms with E-state index >= 15 is 0 Å². The standard InChI is InChI=1S/C50H66N5O5P/c1-34(2)55(35(3)4)61(57-27-14-22-51)58-28-26-53(6)47(56)19-8-7-11-21-50(5)33-38-30-37-29-36-15-12-24-54-25-13-17-40(48(36)54)49(37)60-44(38)20-23-52-43-32-46-41(31-42(43)50)39-16-9-10-18-45(39)59-46/h9-10,16,18,29-32,34-35,44,52H,7-8,11-15,17,19-21,23-28,33H2,1-6H3. The van der Waals surface area contributed by atoms with Crippen molar-refractivity contribution in [3.8, 4) is 11.8 Å². The third kappa shape index (κ3) is 9.32. The second-order valence-corrected chi connectivity index (χ2v) is 20.0. The van der Waals surface area contributed by atoms with Gasteiger partial charge in [-0.2, -0.15) is 5.26 Å². The quantitative estimate of drug-likeness (QED) is 0.0872. The first kappa shape index (κ1) is 43.5. The molecule has 3 aromatic carbocycles. The van der Waals surface area contributed by atoms with Crippen molar-refractivity contribution < 1.29 is 23.0 Å². The van der Waals surface area contributed by atoms with E-state index in [1.54, 1.807) is 4.90 Å². The average Bonchev–Trinajstić information content (AvgIpc) is 3.62. The number of nitrogens with one attached hydrogen (secondary N) is 1. The lowest BCUT2D eigenvalue weighted by molar-refractivity contribution is -0.130. The summed E-state index contributed by atoms with van der Waals surface area (Å²) in [6.45, 7) is 15.3. The average molecular weight is 848 g/mol. The number of hydrogen-bond acceptors (Lipinski definition) is 9. The Hall–Kier alpha value is -4.13. The van der Waals surface area contributed by atoms with Gasteiger partial charge in [0, 0.05) is 97.5 Å². The fourth-order valence-electron chi connectivity index (χ4n) is 10.4. The maximum absolute atomic E-state index is 13.4. The number of nitrogens with zero attached hydrogens (tertiary/aromatic N) is 4. The highest BCUT2D eigenvalue weighted by Gasteiger charge is 2.38. The molecule has 61 heavy (non-hydrogen) atoms. The van der Waals surface area contributed by atoms with Gasteiger partial charge in [0.2, 0.25) is 5.91 Å². The molecule has 8 rings (SSSR count). The largest absolute Gasteiger partial charge is 0.485 e. The number of unbranched alkanes of at least 4 members (excludes halogenated alkanes) is 2. The summed E-state index contributed by atoms with van der Waals surface area (Å²) in [5.74, 6) is 1.26. The van der Waals surface area contributed by atoms with E-state index in [0.717, 1.165) is 104 Å². The number of likely N-dealkylation sites (N-methyl/N-ethyl adjacent to an activating group) is 1. The maximum atomic E-state index is 13.4. The van der Waals surface area contributed by atoms with Crippen LogP contribution in [0.4, 0.5) is 11.4 Å². The molecule has 0 aliphatic carbocycles. The van der Waals surface area contributed by atoms with Crippen LogP contribution in [0.5, 0.6) is 5.75 Å². The molecule has 4 aromatic rings. The number of aryl methyl sites for hydroxylation is 1. The summed E-state index contributed by atoms with van der Waals surface area (Å²) >= 11 is 0. The van der Waals surface area contributed by atoms with Crippen LogP contribution in [-0.2, 0) is 32.1 Å². The maximum Gasteiger partial charge on any atom is 0.259 e. The van der Waals surface area contributed by atoms with Gasteiger partial charge in [0.25, 0.3) is 8.53 Å². The first-order valence-corrected chi connectivity index (χ1v) is 24.1. The van der Waals surface area contributed by atoms with Gasteiger partial charge in [0.15, 0.2) is 0 Å². The molecular weight excluding hydrogens is 782 g/mol. The molecule has 4 aliphatic rings. The molecule has 0 radical (unpaired) electrons. The zero-order valence-corrected chi connectivity index (χ0v) is 38.3. The van der Waals surface area contributed by atoms with Gasteiger partial charge >= 0.3 is 0 Å². The number of carbonyl (C=O) groups excluding carboxylic acids is 1. The lowest BCUT2D eigenvalue weighted by Crippen LogP contribution is -2.36. The number of hydrogen-bond donors (Lipinski definition) is 1. The minimum atomic E-state index is -1.33. The third-order valence-electron chi connectivity index (χ3n) is 13.3. The number of furan rings is 1. The van der Waals surface area contributed by atoms with Crippen LogP contribution in [0.3, 0.4) is 0 Å². The Balaban J connectivity index is 0.977. The molecule has 10 nitrogen and oxygen atoms in total. The summed E-state index contributed by atoms with van der Waals surface area (Å²) in [5, 5.41) is 15.2. The van der Waals surface area contributed by atoms with E-state index in [-0.39, 0.29) is 29.5 Å². The molecule has 0 fully saturated rings. The lowest BCUT2D eigenvalue weighted by atomic mass is 9.71. The van der Waals surface area contributed by atoms with Crippen molar-refractivity contribution >= 4 is 53.8 Å². The highest BCUT2D eigenvalue weighted by molar-refractivity contribution is 7.44. The molecule has 0 spiro atoms. The van der Waals surface area contributed by atoms with Crippen LogP contribution in [0.25, 0.3) is 28.0 Å². The van der Waals surface area contributed by atoms with Gasteiger partial charge in [0.05, 0.1) is 25.7 Å². The van der Waals surface area contributed by atoms with Crippen LogP contribution in [-0.4, -0.2) is 80.1 Å². The molecule has 1 N–H and O–H groups in total. The first-order valence-electron chi connectivity index (χ1n) is 23.0. The van der Waals surface area contributed by atoms with Gasteiger partial charge in [-0.3, -0.25) is 4.79 Å². The lowest BCUT2D eigenvalue weighted by Gasteiger charge is -2.40. The van der Waals surface area contributed by atoms with Crippen molar-refractivity contribution in [1.29, 1.82) is 5.26 Å². The Kier molecular flexibility index (Phi) is 13.6. The Bertz CT molecular complexity index is 2270. The van der Waals surface area contributed by atoms with Crippen molar-refractivity contribution in [2.45, 2.75) is 135 Å². The molecule has 3 unspecified atom stereocenters. The summed E-state index contributed by atoms with van der Waals surface area (Å²) in [7, 11) is 0.534. The van der Waals surface area contributed by atoms with Gasteiger partial charge in [-0.1, -0.05) is 38.0 Å². The normalized spacial score (nSPS) is 20.1. The fourth-order valence-corrected chi connectivity index (χ4v) is 12.0. The van der Waals surface area contributed by atoms with Crippen LogP contribution in [0.1, 0.15) is 121 Å². The van der Waals surface area contributed by atoms with E-state index in [4.69, 9.17) is 23.5 Å². The summed E-state index contributed by atoms with van der Waals surface area (Å²) < 4.78 is 28.1. The topological polar surface area (TPSA) is 103 Å². The monoisotopic (exact) mass is 847 g/mol. The Morgan fingerprint density at radius 1 is 1.02 bits per heavy atom. The Labute approximate surface area is 364 Å². The zero-order valence-electron chi connectivity index (χ0n) is 37.4. The van der Waals surface area contributed by atoms with E-state index in [2.05, 4.69) is 98.0 Å². The summed E-state index contributed by atoms with van der Waals surface area (Å²) in [6.07, 6.45) is 13.6. The predicted molar refractivity (Wildman–Crippen MR) is 248 cm³/mol. The van der Waals surface area contributed by atoms with Crippen molar-refractivity contribution in [2.24, 2.45) is 0 Å².